The van der Waals surface area contributed by atoms with Crippen LogP contribution in [0, 0.1) is 0 Å². The van der Waals surface area contributed by atoms with Crippen molar-refractivity contribution < 1.29 is 4.79 Å². The highest BCUT2D eigenvalue weighted by Crippen LogP contribution is 2.29. The van der Waals surface area contributed by atoms with Crippen LogP contribution in [-0.4, -0.2) is 20.9 Å². The van der Waals surface area contributed by atoms with Crippen LogP contribution in [0.3, 0.4) is 0 Å². The smallest absolute Gasteiger partial charge is 0.246 e. The lowest BCUT2D eigenvalue weighted by Crippen LogP contribution is -2.19. The molecule has 19 heavy (non-hydrogen) atoms. The predicted octanol–water partition coefficient (Wildman–Crippen LogP) is 1.68. The predicted molar refractivity (Wildman–Crippen MR) is 73.0 cm³/mol. The Hall–Kier alpha value is -1.63. The van der Waals surface area contributed by atoms with E-state index in [1.54, 1.807) is 24.4 Å². The minimum atomic E-state index is -0.280. The number of aromatic nitrogens is 3. The molecule has 0 aliphatic rings. The van der Waals surface area contributed by atoms with E-state index in [1.807, 2.05) is 0 Å². The zero-order valence-corrected chi connectivity index (χ0v) is 11.3. The molecule has 0 atom stereocenters. The second kappa shape index (κ2) is 6.01. The molecule has 0 aliphatic carbocycles. The van der Waals surface area contributed by atoms with Crippen LogP contribution in [0.5, 0.6) is 0 Å². The molecule has 3 N–H and O–H groups in total. The summed E-state index contributed by atoms with van der Waals surface area (Å²) < 4.78 is 1.40. The Labute approximate surface area is 119 Å². The first-order valence-electron chi connectivity index (χ1n) is 5.43. The first-order chi connectivity index (χ1) is 9.10. The van der Waals surface area contributed by atoms with Gasteiger partial charge in [0.25, 0.3) is 0 Å². The number of hydrogen-bond donors (Lipinski definition) is 2. The second-order valence-electron chi connectivity index (χ2n) is 3.76. The number of carbonyl (C=O) groups is 1. The lowest BCUT2D eigenvalue weighted by Gasteiger charge is -2.07. The van der Waals surface area contributed by atoms with E-state index in [2.05, 4.69) is 15.6 Å². The lowest BCUT2D eigenvalue weighted by atomic mass is 10.3. The maximum Gasteiger partial charge on any atom is 0.246 e. The maximum atomic E-state index is 11.8. The Morgan fingerprint density at radius 3 is 2.89 bits per heavy atom. The molecule has 1 aromatic heterocycles. The number of hydrogen-bond acceptors (Lipinski definition) is 4. The molecule has 0 unspecified atom stereocenters. The Kier molecular flexibility index (Phi) is 4.36. The molecule has 0 bridgehead atoms. The number of anilines is 1. The van der Waals surface area contributed by atoms with Gasteiger partial charge in [-0.05, 0) is 12.1 Å². The SMILES string of the molecule is NCc1cn(CC(=O)Nc2cccc(Cl)c2Cl)nn1. The summed E-state index contributed by atoms with van der Waals surface area (Å²) in [5.74, 6) is -0.280. The van der Waals surface area contributed by atoms with Crippen LogP contribution in [0.15, 0.2) is 24.4 Å². The van der Waals surface area contributed by atoms with E-state index in [0.717, 1.165) is 0 Å². The number of carbonyl (C=O) groups excluding carboxylic acids is 1. The molecule has 0 saturated heterocycles. The standard InChI is InChI=1S/C11H11Cl2N5O/c12-8-2-1-3-9(11(8)13)15-10(19)6-18-5-7(4-14)16-17-18/h1-3,5H,4,6,14H2,(H,15,19). The highest BCUT2D eigenvalue weighted by Gasteiger charge is 2.09. The van der Waals surface area contributed by atoms with Gasteiger partial charge < -0.3 is 11.1 Å². The van der Waals surface area contributed by atoms with Crippen molar-refractivity contribution in [3.8, 4) is 0 Å². The third-order valence-corrected chi connectivity index (χ3v) is 3.15. The molecule has 2 aromatic rings. The average Bonchev–Trinajstić information content (AvgIpc) is 2.82. The normalized spacial score (nSPS) is 10.5. The molecule has 0 fully saturated rings. The van der Waals surface area contributed by atoms with Crippen molar-refractivity contribution in [3.05, 3.63) is 40.1 Å². The number of amides is 1. The van der Waals surface area contributed by atoms with Crippen molar-refractivity contribution in [1.82, 2.24) is 15.0 Å². The molecule has 100 valence electrons. The molecular formula is C11H11Cl2N5O. The fourth-order valence-corrected chi connectivity index (χ4v) is 1.79. The number of rotatable bonds is 4. The molecule has 8 heteroatoms. The van der Waals surface area contributed by atoms with Gasteiger partial charge in [-0.25, -0.2) is 4.68 Å². The summed E-state index contributed by atoms with van der Waals surface area (Å²) in [4.78, 5) is 11.8. The van der Waals surface area contributed by atoms with Gasteiger partial charge in [0, 0.05) is 6.54 Å². The molecule has 1 aromatic carbocycles. The van der Waals surface area contributed by atoms with E-state index >= 15 is 0 Å². The molecule has 2 rings (SSSR count). The Morgan fingerprint density at radius 1 is 1.42 bits per heavy atom. The van der Waals surface area contributed by atoms with Gasteiger partial charge in [0.05, 0.1) is 27.6 Å². The van der Waals surface area contributed by atoms with Gasteiger partial charge in [-0.15, -0.1) is 5.10 Å². The third-order valence-electron chi connectivity index (χ3n) is 2.33. The summed E-state index contributed by atoms with van der Waals surface area (Å²) in [6, 6.07) is 5.01. The van der Waals surface area contributed by atoms with Crippen molar-refractivity contribution in [3.63, 3.8) is 0 Å². The van der Waals surface area contributed by atoms with Crippen molar-refractivity contribution in [2.24, 2.45) is 5.73 Å². The third kappa shape index (κ3) is 3.44. The van der Waals surface area contributed by atoms with E-state index in [9.17, 15) is 4.79 Å². The summed E-state index contributed by atoms with van der Waals surface area (Å²) in [7, 11) is 0. The molecule has 0 aliphatic heterocycles. The van der Waals surface area contributed by atoms with Crippen LogP contribution in [0.4, 0.5) is 5.69 Å². The monoisotopic (exact) mass is 299 g/mol. The second-order valence-corrected chi connectivity index (χ2v) is 4.55. The minimum Gasteiger partial charge on any atom is -0.325 e. The lowest BCUT2D eigenvalue weighted by molar-refractivity contribution is -0.116. The number of nitrogens with two attached hydrogens (primary N) is 1. The summed E-state index contributed by atoms with van der Waals surface area (Å²) in [5, 5.41) is 10.9. The van der Waals surface area contributed by atoms with E-state index < -0.39 is 0 Å². The van der Waals surface area contributed by atoms with Gasteiger partial charge in [-0.1, -0.05) is 34.5 Å². The molecular weight excluding hydrogens is 289 g/mol. The Bertz CT molecular complexity index is 599. The largest absolute Gasteiger partial charge is 0.325 e. The van der Waals surface area contributed by atoms with Gasteiger partial charge in [0.15, 0.2) is 0 Å². The van der Waals surface area contributed by atoms with Crippen LogP contribution in [0.25, 0.3) is 0 Å². The number of nitrogens with zero attached hydrogens (tertiary/aromatic N) is 3. The van der Waals surface area contributed by atoms with Crippen LogP contribution in [0.2, 0.25) is 10.0 Å². The molecule has 0 saturated carbocycles. The molecule has 1 amide bonds. The van der Waals surface area contributed by atoms with Gasteiger partial charge in [0.1, 0.15) is 6.54 Å². The Morgan fingerprint density at radius 2 is 2.21 bits per heavy atom. The maximum absolute atomic E-state index is 11.8. The highest BCUT2D eigenvalue weighted by atomic mass is 35.5. The number of halogens is 2. The minimum absolute atomic E-state index is 0.0237. The van der Waals surface area contributed by atoms with Crippen molar-refractivity contribution in [1.29, 1.82) is 0 Å². The van der Waals surface area contributed by atoms with E-state index in [-0.39, 0.29) is 19.0 Å². The molecule has 0 radical (unpaired) electrons. The topological polar surface area (TPSA) is 85.8 Å². The van der Waals surface area contributed by atoms with E-state index in [0.29, 0.717) is 21.4 Å². The van der Waals surface area contributed by atoms with Gasteiger partial charge in [-0.3, -0.25) is 4.79 Å². The highest BCUT2D eigenvalue weighted by molar-refractivity contribution is 6.43. The van der Waals surface area contributed by atoms with E-state index in [4.69, 9.17) is 28.9 Å². The molecule has 6 nitrogen and oxygen atoms in total. The van der Waals surface area contributed by atoms with Crippen molar-refractivity contribution in [2.45, 2.75) is 13.1 Å². The zero-order valence-electron chi connectivity index (χ0n) is 9.81. The van der Waals surface area contributed by atoms with Crippen LogP contribution < -0.4 is 11.1 Å². The average molecular weight is 300 g/mol. The summed E-state index contributed by atoms with van der Waals surface area (Å²) >= 11 is 11.8. The van der Waals surface area contributed by atoms with Gasteiger partial charge >= 0.3 is 0 Å². The first-order valence-corrected chi connectivity index (χ1v) is 6.18. The van der Waals surface area contributed by atoms with Crippen molar-refractivity contribution >= 4 is 34.8 Å². The van der Waals surface area contributed by atoms with Gasteiger partial charge in [0.2, 0.25) is 5.91 Å². The molecule has 1 heterocycles. The van der Waals surface area contributed by atoms with Crippen LogP contribution in [0.1, 0.15) is 5.69 Å². The fraction of sp³-hybridized carbons (Fsp3) is 0.182. The number of nitrogens with one attached hydrogen (secondary N) is 1. The quantitative estimate of drug-likeness (QED) is 0.899. The van der Waals surface area contributed by atoms with Crippen molar-refractivity contribution in [2.75, 3.05) is 5.32 Å². The zero-order chi connectivity index (χ0) is 13.8. The number of benzene rings is 1. The van der Waals surface area contributed by atoms with E-state index in [1.165, 1.54) is 4.68 Å². The van der Waals surface area contributed by atoms with Crippen LogP contribution >= 0.6 is 23.2 Å². The Balaban J connectivity index is 2.03. The fourth-order valence-electron chi connectivity index (χ4n) is 1.45. The van der Waals surface area contributed by atoms with Crippen LogP contribution in [-0.2, 0) is 17.9 Å². The summed E-state index contributed by atoms with van der Waals surface area (Å²) in [6.07, 6.45) is 1.61. The summed E-state index contributed by atoms with van der Waals surface area (Å²) in [6.45, 7) is 0.303. The molecule has 0 spiro atoms. The first kappa shape index (κ1) is 13.8. The van der Waals surface area contributed by atoms with Gasteiger partial charge in [-0.2, -0.15) is 0 Å². The summed E-state index contributed by atoms with van der Waals surface area (Å²) in [5.41, 5.74) is 6.48.